The number of aromatic amines is 2. The molecule has 0 aliphatic heterocycles. The average molecular weight is 229 g/mol. The Hall–Kier alpha value is -1.89. The minimum Gasteiger partial charge on any atom is -0.303 e. The number of aryl methyl sites for hydroxylation is 1. The summed E-state index contributed by atoms with van der Waals surface area (Å²) >= 11 is 5.73. The third-order valence-corrected chi connectivity index (χ3v) is 2.23. The predicted octanol–water partition coefficient (Wildman–Crippen LogP) is 1.12. The van der Waals surface area contributed by atoms with Gasteiger partial charge in [0.05, 0.1) is 4.92 Å². The molecule has 7 nitrogen and oxygen atoms in total. The molecule has 2 heterocycles. The number of fused-ring (bicyclic) bond motifs is 1. The van der Waals surface area contributed by atoms with E-state index >= 15 is 0 Å². The van der Waals surface area contributed by atoms with Gasteiger partial charge in [0.15, 0.2) is 10.7 Å². The van der Waals surface area contributed by atoms with Crippen LogP contribution in [0.25, 0.3) is 11.0 Å². The second-order valence-corrected chi connectivity index (χ2v) is 3.28. The maximum Gasteiger partial charge on any atom is 0.324 e. The monoisotopic (exact) mass is 228 g/mol. The summed E-state index contributed by atoms with van der Waals surface area (Å²) in [6.45, 7) is 1.45. The van der Waals surface area contributed by atoms with Crippen LogP contribution in [0.2, 0.25) is 5.15 Å². The molecular formula is C7H5ClN4O3. The zero-order valence-electron chi connectivity index (χ0n) is 7.50. The van der Waals surface area contributed by atoms with E-state index in [9.17, 15) is 14.9 Å². The molecule has 15 heavy (non-hydrogen) atoms. The Morgan fingerprint density at radius 1 is 1.40 bits per heavy atom. The van der Waals surface area contributed by atoms with Crippen LogP contribution >= 0.6 is 11.6 Å². The summed E-state index contributed by atoms with van der Waals surface area (Å²) in [5, 5.41) is 10.8. The number of nitrogens with one attached hydrogen (secondary N) is 2. The predicted molar refractivity (Wildman–Crippen MR) is 53.1 cm³/mol. The first-order chi connectivity index (χ1) is 7.00. The molecule has 0 spiro atoms. The van der Waals surface area contributed by atoms with Gasteiger partial charge >= 0.3 is 11.4 Å². The maximum absolute atomic E-state index is 11.0. The van der Waals surface area contributed by atoms with Gasteiger partial charge in [-0.25, -0.2) is 9.78 Å². The molecule has 0 aromatic carbocycles. The van der Waals surface area contributed by atoms with Gasteiger partial charge in [-0.3, -0.25) is 15.1 Å². The van der Waals surface area contributed by atoms with Gasteiger partial charge in [-0.2, -0.15) is 0 Å². The number of imidazole rings is 1. The van der Waals surface area contributed by atoms with Crippen LogP contribution in [-0.4, -0.2) is 19.9 Å². The van der Waals surface area contributed by atoms with Crippen molar-refractivity contribution in [1.29, 1.82) is 0 Å². The second kappa shape index (κ2) is 3.06. The van der Waals surface area contributed by atoms with Crippen LogP contribution in [0.4, 0.5) is 5.69 Å². The lowest BCUT2D eigenvalue weighted by molar-refractivity contribution is -0.384. The second-order valence-electron chi connectivity index (χ2n) is 2.92. The lowest BCUT2D eigenvalue weighted by Crippen LogP contribution is -2.00. The summed E-state index contributed by atoms with van der Waals surface area (Å²) in [4.78, 5) is 29.6. The standard InChI is InChI=1S/C7H5ClN4O3/c1-2-5(12(14)15)3-4(6(8)9-2)11-7(13)10-3/h1H3,(H2,10,11,13). The molecule has 2 aromatic rings. The van der Waals surface area contributed by atoms with Crippen LogP contribution in [0.5, 0.6) is 0 Å². The first-order valence-corrected chi connectivity index (χ1v) is 4.31. The van der Waals surface area contributed by atoms with Gasteiger partial charge in [-0.15, -0.1) is 0 Å². The van der Waals surface area contributed by atoms with Crippen molar-refractivity contribution in [3.8, 4) is 0 Å². The molecule has 0 aliphatic rings. The molecule has 0 bridgehead atoms. The van der Waals surface area contributed by atoms with Gasteiger partial charge < -0.3 is 4.98 Å². The van der Waals surface area contributed by atoms with E-state index in [0.29, 0.717) is 0 Å². The minimum absolute atomic E-state index is 0.0338. The fourth-order valence-corrected chi connectivity index (χ4v) is 1.64. The number of nitrogens with zero attached hydrogens (tertiary/aromatic N) is 2. The summed E-state index contributed by atoms with van der Waals surface area (Å²) in [7, 11) is 0. The zero-order valence-corrected chi connectivity index (χ0v) is 8.25. The van der Waals surface area contributed by atoms with Crippen LogP contribution in [0.15, 0.2) is 4.79 Å². The molecule has 0 saturated carbocycles. The highest BCUT2D eigenvalue weighted by Gasteiger charge is 2.21. The van der Waals surface area contributed by atoms with Crippen molar-refractivity contribution in [3.63, 3.8) is 0 Å². The van der Waals surface area contributed by atoms with Crippen LogP contribution < -0.4 is 5.69 Å². The third-order valence-electron chi connectivity index (χ3n) is 1.96. The van der Waals surface area contributed by atoms with Crippen LogP contribution in [0, 0.1) is 17.0 Å². The third kappa shape index (κ3) is 1.37. The summed E-state index contributed by atoms with van der Waals surface area (Å²) in [6, 6.07) is 0. The Bertz CT molecular complexity index is 614. The topological polar surface area (TPSA) is 105 Å². The van der Waals surface area contributed by atoms with E-state index in [-0.39, 0.29) is 27.6 Å². The molecule has 0 fully saturated rings. The molecule has 8 heteroatoms. The fourth-order valence-electron chi connectivity index (χ4n) is 1.38. The molecular weight excluding hydrogens is 224 g/mol. The molecule has 0 radical (unpaired) electrons. The van der Waals surface area contributed by atoms with Crippen LogP contribution in [0.1, 0.15) is 5.69 Å². The average Bonchev–Trinajstić information content (AvgIpc) is 2.45. The minimum atomic E-state index is -0.606. The van der Waals surface area contributed by atoms with Gasteiger partial charge in [0.1, 0.15) is 11.2 Å². The number of pyridine rings is 1. The number of H-pyrrole nitrogens is 2. The molecule has 0 aliphatic carbocycles. The summed E-state index contributed by atoms with van der Waals surface area (Å²) in [5.41, 5.74) is -0.413. The van der Waals surface area contributed by atoms with E-state index in [4.69, 9.17) is 11.6 Å². The van der Waals surface area contributed by atoms with Crippen molar-refractivity contribution in [1.82, 2.24) is 15.0 Å². The molecule has 0 amide bonds. The van der Waals surface area contributed by atoms with E-state index in [1.165, 1.54) is 6.92 Å². The fraction of sp³-hybridized carbons (Fsp3) is 0.143. The zero-order chi connectivity index (χ0) is 11.2. The van der Waals surface area contributed by atoms with Crippen molar-refractivity contribution in [2.75, 3.05) is 0 Å². The SMILES string of the molecule is Cc1nc(Cl)c2[nH]c(=O)[nH]c2c1[N+](=O)[O-]. The first-order valence-electron chi connectivity index (χ1n) is 3.93. The molecule has 2 aromatic heterocycles. The van der Waals surface area contributed by atoms with Crippen molar-refractivity contribution in [2.45, 2.75) is 6.92 Å². The number of rotatable bonds is 1. The highest BCUT2D eigenvalue weighted by atomic mass is 35.5. The Kier molecular flexibility index (Phi) is 1.97. The number of halogens is 1. The highest BCUT2D eigenvalue weighted by Crippen LogP contribution is 2.28. The summed E-state index contributed by atoms with van der Waals surface area (Å²) in [6.07, 6.45) is 0. The van der Waals surface area contributed by atoms with Gasteiger partial charge in [0.2, 0.25) is 0 Å². The van der Waals surface area contributed by atoms with Crippen molar-refractivity contribution < 1.29 is 4.92 Å². The van der Waals surface area contributed by atoms with Crippen LogP contribution in [0.3, 0.4) is 0 Å². The van der Waals surface area contributed by atoms with Gasteiger partial charge in [0.25, 0.3) is 0 Å². The lowest BCUT2D eigenvalue weighted by Gasteiger charge is -1.98. The van der Waals surface area contributed by atoms with E-state index in [2.05, 4.69) is 15.0 Å². The first kappa shape index (κ1) is 9.66. The van der Waals surface area contributed by atoms with Crippen molar-refractivity contribution in [3.05, 3.63) is 31.4 Å². The maximum atomic E-state index is 11.0. The van der Waals surface area contributed by atoms with E-state index in [0.717, 1.165) is 0 Å². The summed E-state index contributed by atoms with van der Waals surface area (Å²) < 4.78 is 0. The van der Waals surface area contributed by atoms with Gasteiger partial charge in [-0.05, 0) is 6.92 Å². The molecule has 2 N–H and O–H groups in total. The van der Waals surface area contributed by atoms with Gasteiger partial charge in [0, 0.05) is 0 Å². The Balaban J connectivity index is 3.01. The van der Waals surface area contributed by atoms with Gasteiger partial charge in [-0.1, -0.05) is 11.6 Å². The molecule has 78 valence electrons. The molecule has 0 saturated heterocycles. The number of hydrogen-bond acceptors (Lipinski definition) is 4. The molecule has 0 atom stereocenters. The quantitative estimate of drug-likeness (QED) is 0.433. The number of aromatic nitrogens is 3. The van der Waals surface area contributed by atoms with Crippen LogP contribution in [-0.2, 0) is 0 Å². The van der Waals surface area contributed by atoms with Crippen molar-refractivity contribution >= 4 is 28.3 Å². The highest BCUT2D eigenvalue weighted by molar-refractivity contribution is 6.34. The largest absolute Gasteiger partial charge is 0.324 e. The Labute approximate surface area is 87.2 Å². The normalized spacial score (nSPS) is 10.8. The summed E-state index contributed by atoms with van der Waals surface area (Å²) in [5.74, 6) is 0. The van der Waals surface area contributed by atoms with E-state index < -0.39 is 10.6 Å². The Morgan fingerprint density at radius 3 is 2.60 bits per heavy atom. The smallest absolute Gasteiger partial charge is 0.303 e. The molecule has 2 rings (SSSR count). The van der Waals surface area contributed by atoms with E-state index in [1.54, 1.807) is 0 Å². The number of nitro groups is 1. The lowest BCUT2D eigenvalue weighted by atomic mass is 10.3. The van der Waals surface area contributed by atoms with E-state index in [1.807, 2.05) is 0 Å². The Morgan fingerprint density at radius 2 is 2.00 bits per heavy atom. The number of hydrogen-bond donors (Lipinski definition) is 2. The molecule has 0 unspecified atom stereocenters. The van der Waals surface area contributed by atoms with Crippen molar-refractivity contribution in [2.24, 2.45) is 0 Å².